The molecule has 136 valence electrons. The summed E-state index contributed by atoms with van der Waals surface area (Å²) in [6.45, 7) is 0. The number of carbonyl (C=O) groups is 2. The van der Waals surface area contributed by atoms with Gasteiger partial charge in [0.2, 0.25) is 11.8 Å². The van der Waals surface area contributed by atoms with Crippen LogP contribution in [0.3, 0.4) is 0 Å². The van der Waals surface area contributed by atoms with E-state index in [1.54, 1.807) is 49.6 Å². The van der Waals surface area contributed by atoms with Crippen molar-refractivity contribution in [1.82, 2.24) is 5.43 Å². The van der Waals surface area contributed by atoms with Gasteiger partial charge in [0.15, 0.2) is 0 Å². The van der Waals surface area contributed by atoms with Crippen molar-refractivity contribution in [3.8, 4) is 5.75 Å². The lowest BCUT2D eigenvalue weighted by Gasteiger charge is -2.06. The molecule has 2 aromatic rings. The van der Waals surface area contributed by atoms with Crippen LogP contribution in [-0.4, -0.2) is 25.1 Å². The van der Waals surface area contributed by atoms with Crippen LogP contribution in [-0.2, 0) is 9.59 Å². The molecule has 2 amide bonds. The molecule has 0 radical (unpaired) electrons. The van der Waals surface area contributed by atoms with Gasteiger partial charge in [-0.1, -0.05) is 35.3 Å². The summed E-state index contributed by atoms with van der Waals surface area (Å²) in [7, 11) is 1.56. The van der Waals surface area contributed by atoms with Crippen LogP contribution in [0.25, 0.3) is 0 Å². The second-order valence-electron chi connectivity index (χ2n) is 5.21. The van der Waals surface area contributed by atoms with E-state index in [-0.39, 0.29) is 24.7 Å². The van der Waals surface area contributed by atoms with Crippen molar-refractivity contribution in [1.29, 1.82) is 0 Å². The van der Waals surface area contributed by atoms with Crippen molar-refractivity contribution in [3.63, 3.8) is 0 Å². The van der Waals surface area contributed by atoms with Gasteiger partial charge in [0.1, 0.15) is 5.75 Å². The van der Waals surface area contributed by atoms with E-state index in [1.165, 1.54) is 6.21 Å². The standard InChI is InChI=1S/C18H17Cl2N3O3/c1-26-14-7-5-13(6-8-14)22-16(24)9-10-17(25)23-21-11-12-3-2-4-15(19)18(12)20/h2-8,11H,9-10H2,1H3,(H,22,24)(H,23,25). The van der Waals surface area contributed by atoms with E-state index in [0.29, 0.717) is 27.0 Å². The normalized spacial score (nSPS) is 10.6. The quantitative estimate of drug-likeness (QED) is 0.553. The minimum absolute atomic E-state index is 0.00259. The summed E-state index contributed by atoms with van der Waals surface area (Å²) in [4.78, 5) is 23.6. The summed E-state index contributed by atoms with van der Waals surface area (Å²) in [6, 6.07) is 12.0. The summed E-state index contributed by atoms with van der Waals surface area (Å²) in [6.07, 6.45) is 1.43. The van der Waals surface area contributed by atoms with E-state index >= 15 is 0 Å². The monoisotopic (exact) mass is 393 g/mol. The number of hydrogen-bond donors (Lipinski definition) is 2. The molecule has 0 aliphatic carbocycles. The van der Waals surface area contributed by atoms with Crippen LogP contribution >= 0.6 is 23.2 Å². The van der Waals surface area contributed by atoms with Crippen LogP contribution in [0.1, 0.15) is 18.4 Å². The molecule has 0 aromatic heterocycles. The number of nitrogens with one attached hydrogen (secondary N) is 2. The largest absolute Gasteiger partial charge is 0.497 e. The van der Waals surface area contributed by atoms with Gasteiger partial charge in [0.25, 0.3) is 0 Å². The second kappa shape index (κ2) is 9.79. The van der Waals surface area contributed by atoms with Crippen LogP contribution < -0.4 is 15.5 Å². The van der Waals surface area contributed by atoms with Crippen molar-refractivity contribution < 1.29 is 14.3 Å². The fraction of sp³-hybridized carbons (Fsp3) is 0.167. The van der Waals surface area contributed by atoms with E-state index < -0.39 is 0 Å². The van der Waals surface area contributed by atoms with E-state index in [2.05, 4.69) is 15.8 Å². The van der Waals surface area contributed by atoms with Gasteiger partial charge in [-0.05, 0) is 30.3 Å². The Labute approximate surface area is 161 Å². The van der Waals surface area contributed by atoms with Crippen molar-refractivity contribution in [2.45, 2.75) is 12.8 Å². The van der Waals surface area contributed by atoms with Gasteiger partial charge in [-0.2, -0.15) is 5.10 Å². The summed E-state index contributed by atoms with van der Waals surface area (Å²) in [5.74, 6) is 0.0384. The predicted octanol–water partition coefficient (Wildman–Crippen LogP) is 3.87. The molecule has 0 bridgehead atoms. The zero-order valence-corrected chi connectivity index (χ0v) is 15.5. The zero-order chi connectivity index (χ0) is 18.9. The number of ether oxygens (including phenoxy) is 1. The Morgan fingerprint density at radius 3 is 2.46 bits per heavy atom. The molecule has 0 aliphatic heterocycles. The number of amides is 2. The molecule has 6 nitrogen and oxygen atoms in total. The Kier molecular flexibility index (Phi) is 7.44. The molecule has 0 unspecified atom stereocenters. The summed E-state index contributed by atoms with van der Waals surface area (Å²) in [5, 5.41) is 7.26. The maximum Gasteiger partial charge on any atom is 0.240 e. The van der Waals surface area contributed by atoms with Crippen molar-refractivity contribution in [2.75, 3.05) is 12.4 Å². The van der Waals surface area contributed by atoms with Crippen LogP contribution in [0.15, 0.2) is 47.6 Å². The Bertz CT molecular complexity index is 808. The highest BCUT2D eigenvalue weighted by Crippen LogP contribution is 2.24. The molecule has 0 fully saturated rings. The maximum atomic E-state index is 11.9. The van der Waals surface area contributed by atoms with Gasteiger partial charge in [0.05, 0.1) is 23.4 Å². The lowest BCUT2D eigenvalue weighted by molar-refractivity contribution is -0.124. The van der Waals surface area contributed by atoms with Gasteiger partial charge < -0.3 is 10.1 Å². The number of carbonyl (C=O) groups excluding carboxylic acids is 2. The van der Waals surface area contributed by atoms with Crippen LogP contribution in [0.4, 0.5) is 5.69 Å². The smallest absolute Gasteiger partial charge is 0.240 e. The zero-order valence-electron chi connectivity index (χ0n) is 14.0. The van der Waals surface area contributed by atoms with Crippen molar-refractivity contribution in [2.24, 2.45) is 5.10 Å². The number of rotatable bonds is 7. The Morgan fingerprint density at radius 2 is 1.77 bits per heavy atom. The molecule has 2 N–H and O–H groups in total. The first-order chi connectivity index (χ1) is 12.5. The first kappa shape index (κ1) is 19.8. The third kappa shape index (κ3) is 6.06. The molecule has 0 saturated heterocycles. The van der Waals surface area contributed by atoms with Gasteiger partial charge in [-0.15, -0.1) is 0 Å². The second-order valence-corrected chi connectivity index (χ2v) is 6.00. The number of hydrogen-bond acceptors (Lipinski definition) is 4. The number of nitrogens with zero attached hydrogens (tertiary/aromatic N) is 1. The van der Waals surface area contributed by atoms with Crippen LogP contribution in [0.2, 0.25) is 10.0 Å². The predicted molar refractivity (Wildman–Crippen MR) is 103 cm³/mol. The number of benzene rings is 2. The fourth-order valence-corrected chi connectivity index (χ4v) is 2.33. The average molecular weight is 394 g/mol. The summed E-state index contributed by atoms with van der Waals surface area (Å²) < 4.78 is 5.04. The number of halogens is 2. The first-order valence-corrected chi connectivity index (χ1v) is 8.45. The fourth-order valence-electron chi connectivity index (χ4n) is 1.97. The van der Waals surface area contributed by atoms with E-state index in [0.717, 1.165) is 0 Å². The highest BCUT2D eigenvalue weighted by molar-refractivity contribution is 6.43. The van der Waals surface area contributed by atoms with Crippen molar-refractivity contribution >= 4 is 46.9 Å². The minimum atomic E-state index is -0.385. The van der Waals surface area contributed by atoms with E-state index in [9.17, 15) is 9.59 Å². The molecular weight excluding hydrogens is 377 g/mol. The van der Waals surface area contributed by atoms with E-state index in [1.807, 2.05) is 0 Å². The number of methoxy groups -OCH3 is 1. The molecule has 0 aliphatic rings. The third-order valence-corrected chi connectivity index (χ3v) is 4.16. The highest BCUT2D eigenvalue weighted by atomic mass is 35.5. The third-order valence-electron chi connectivity index (χ3n) is 3.33. The molecule has 2 aromatic carbocycles. The Hall–Kier alpha value is -2.57. The summed E-state index contributed by atoms with van der Waals surface area (Å²) >= 11 is 11.9. The topological polar surface area (TPSA) is 79.8 Å². The lowest BCUT2D eigenvalue weighted by atomic mass is 10.2. The van der Waals surface area contributed by atoms with Crippen LogP contribution in [0.5, 0.6) is 5.75 Å². The molecule has 2 rings (SSSR count). The first-order valence-electron chi connectivity index (χ1n) is 7.69. The molecule has 0 heterocycles. The maximum absolute atomic E-state index is 11.9. The minimum Gasteiger partial charge on any atom is -0.497 e. The van der Waals surface area contributed by atoms with Crippen LogP contribution in [0, 0.1) is 0 Å². The van der Waals surface area contributed by atoms with Gasteiger partial charge in [0, 0.05) is 24.1 Å². The van der Waals surface area contributed by atoms with Crippen molar-refractivity contribution in [3.05, 3.63) is 58.1 Å². The number of hydrazone groups is 1. The highest BCUT2D eigenvalue weighted by Gasteiger charge is 2.07. The average Bonchev–Trinajstić information content (AvgIpc) is 2.64. The Balaban J connectivity index is 1.76. The molecule has 0 atom stereocenters. The Morgan fingerprint density at radius 1 is 1.08 bits per heavy atom. The summed E-state index contributed by atoms with van der Waals surface area (Å²) in [5.41, 5.74) is 3.55. The molecule has 26 heavy (non-hydrogen) atoms. The van der Waals surface area contributed by atoms with Gasteiger partial charge in [-0.25, -0.2) is 5.43 Å². The number of anilines is 1. The molecular formula is C18H17Cl2N3O3. The molecule has 8 heteroatoms. The lowest BCUT2D eigenvalue weighted by Crippen LogP contribution is -2.20. The van der Waals surface area contributed by atoms with Gasteiger partial charge >= 0.3 is 0 Å². The SMILES string of the molecule is COc1ccc(NC(=O)CCC(=O)NN=Cc2cccc(Cl)c2Cl)cc1. The molecule has 0 spiro atoms. The van der Waals surface area contributed by atoms with E-state index in [4.69, 9.17) is 27.9 Å². The van der Waals surface area contributed by atoms with Gasteiger partial charge in [-0.3, -0.25) is 9.59 Å². The molecule has 0 saturated carbocycles.